The molecule has 6 heteroatoms. The first-order chi connectivity index (χ1) is 11.8. The van der Waals surface area contributed by atoms with Crippen LogP contribution in [0, 0.1) is 5.92 Å². The highest BCUT2D eigenvalue weighted by Gasteiger charge is 2.43. The van der Waals surface area contributed by atoms with Crippen molar-refractivity contribution < 1.29 is 19.1 Å². The summed E-state index contributed by atoms with van der Waals surface area (Å²) in [6, 6.07) is 8.99. The van der Waals surface area contributed by atoms with Gasteiger partial charge in [0.2, 0.25) is 0 Å². The lowest BCUT2D eigenvalue weighted by molar-refractivity contribution is -0.162. The van der Waals surface area contributed by atoms with Crippen molar-refractivity contribution in [3.63, 3.8) is 0 Å². The molecule has 2 rings (SSSR count). The molecule has 138 valence electrons. The van der Waals surface area contributed by atoms with Gasteiger partial charge in [-0.2, -0.15) is 0 Å². The molecular formula is C19H28N2O4. The summed E-state index contributed by atoms with van der Waals surface area (Å²) in [6.45, 7) is 8.40. The van der Waals surface area contributed by atoms with Crippen LogP contribution in [-0.4, -0.2) is 36.3 Å². The van der Waals surface area contributed by atoms with Crippen LogP contribution in [-0.2, 0) is 20.9 Å². The first-order valence-corrected chi connectivity index (χ1v) is 8.73. The average Bonchev–Trinajstić information content (AvgIpc) is 2.50. The van der Waals surface area contributed by atoms with Gasteiger partial charge in [-0.1, -0.05) is 37.3 Å². The number of alkyl carbamates (subject to hydrolysis) is 1. The van der Waals surface area contributed by atoms with Crippen molar-refractivity contribution in [2.24, 2.45) is 5.92 Å². The summed E-state index contributed by atoms with van der Waals surface area (Å²) in [5.41, 5.74) is 0.408. The van der Waals surface area contributed by atoms with Crippen LogP contribution in [0.5, 0.6) is 0 Å². The lowest BCUT2D eigenvalue weighted by Crippen LogP contribution is -2.65. The van der Waals surface area contributed by atoms with Crippen molar-refractivity contribution in [1.29, 1.82) is 0 Å². The van der Waals surface area contributed by atoms with E-state index in [0.717, 1.165) is 5.56 Å². The first kappa shape index (κ1) is 19.2. The fraction of sp³-hybridized carbons (Fsp3) is 0.579. The van der Waals surface area contributed by atoms with Crippen LogP contribution in [0.3, 0.4) is 0 Å². The third-order valence-electron chi connectivity index (χ3n) is 4.13. The van der Waals surface area contributed by atoms with Crippen LogP contribution in [0.2, 0.25) is 0 Å². The Morgan fingerprint density at radius 2 is 1.96 bits per heavy atom. The Hall–Kier alpha value is -2.08. The van der Waals surface area contributed by atoms with Crippen LogP contribution in [0.1, 0.15) is 39.7 Å². The molecule has 0 spiro atoms. The summed E-state index contributed by atoms with van der Waals surface area (Å²) in [5.74, 6) is -0.272. The molecule has 6 nitrogen and oxygen atoms in total. The van der Waals surface area contributed by atoms with Crippen molar-refractivity contribution in [3.05, 3.63) is 35.9 Å². The van der Waals surface area contributed by atoms with Crippen LogP contribution < -0.4 is 10.6 Å². The quantitative estimate of drug-likeness (QED) is 0.773. The van der Waals surface area contributed by atoms with E-state index in [-0.39, 0.29) is 24.5 Å². The Kier molecular flexibility index (Phi) is 6.42. The normalized spacial score (nSPS) is 21.0. The van der Waals surface area contributed by atoms with Gasteiger partial charge in [0, 0.05) is 18.5 Å². The molecule has 1 amide bonds. The Bertz CT molecular complexity index is 583. The number of carbonyl (C=O) groups excluding carboxylic acids is 2. The second-order valence-electron chi connectivity index (χ2n) is 7.30. The molecule has 0 aromatic heterocycles. The minimum atomic E-state index is -0.525. The summed E-state index contributed by atoms with van der Waals surface area (Å²) >= 11 is 0. The van der Waals surface area contributed by atoms with E-state index in [0.29, 0.717) is 13.0 Å². The van der Waals surface area contributed by atoms with Crippen LogP contribution in [0.15, 0.2) is 30.3 Å². The minimum Gasteiger partial charge on any atom is -0.459 e. The highest BCUT2D eigenvalue weighted by atomic mass is 16.6. The summed E-state index contributed by atoms with van der Waals surface area (Å²) in [7, 11) is 0. The van der Waals surface area contributed by atoms with Gasteiger partial charge in [-0.3, -0.25) is 4.79 Å². The van der Waals surface area contributed by atoms with Gasteiger partial charge in [-0.25, -0.2) is 4.79 Å². The minimum absolute atomic E-state index is 0.00382. The Labute approximate surface area is 149 Å². The van der Waals surface area contributed by atoms with Gasteiger partial charge in [0.15, 0.2) is 0 Å². The molecule has 0 radical (unpaired) electrons. The largest absolute Gasteiger partial charge is 0.459 e. The number of amides is 1. The van der Waals surface area contributed by atoms with E-state index in [1.54, 1.807) is 0 Å². The topological polar surface area (TPSA) is 76.7 Å². The molecule has 1 aromatic rings. The average molecular weight is 348 g/mol. The Morgan fingerprint density at radius 1 is 1.28 bits per heavy atom. The zero-order valence-electron chi connectivity index (χ0n) is 15.4. The molecule has 1 heterocycles. The highest BCUT2D eigenvalue weighted by molar-refractivity contribution is 5.78. The van der Waals surface area contributed by atoms with E-state index < -0.39 is 17.7 Å². The summed E-state index contributed by atoms with van der Waals surface area (Å²) < 4.78 is 10.7. The van der Waals surface area contributed by atoms with Crippen molar-refractivity contribution in [3.8, 4) is 0 Å². The van der Waals surface area contributed by atoms with Crippen LogP contribution in [0.25, 0.3) is 0 Å². The molecule has 1 aliphatic rings. The number of benzene rings is 1. The van der Waals surface area contributed by atoms with Gasteiger partial charge >= 0.3 is 12.1 Å². The Morgan fingerprint density at radius 3 is 2.48 bits per heavy atom. The van der Waals surface area contributed by atoms with Crippen LogP contribution >= 0.6 is 0 Å². The van der Waals surface area contributed by atoms with E-state index in [1.165, 1.54) is 0 Å². The number of rotatable bonds is 6. The number of hydrogen-bond acceptors (Lipinski definition) is 5. The van der Waals surface area contributed by atoms with E-state index in [9.17, 15) is 9.59 Å². The smallest absolute Gasteiger partial charge is 0.407 e. The predicted octanol–water partition coefficient (Wildman–Crippen LogP) is 2.62. The second-order valence-corrected chi connectivity index (χ2v) is 7.30. The lowest BCUT2D eigenvalue weighted by atomic mass is 9.83. The standard InChI is InChI=1S/C19H28N2O4/c1-5-15(14-11-20-16(14)17(22)25-19(2,3)4)21-18(23)24-12-13-9-7-6-8-10-13/h6-10,14-16,20H,5,11-12H2,1-4H3,(H,21,23)/t14?,15-,16?/m0/s1. The van der Waals surface area contributed by atoms with Gasteiger partial charge in [0.25, 0.3) is 0 Å². The zero-order valence-corrected chi connectivity index (χ0v) is 15.4. The lowest BCUT2D eigenvalue weighted by Gasteiger charge is -2.42. The van der Waals surface area contributed by atoms with E-state index in [2.05, 4.69) is 10.6 Å². The predicted molar refractivity (Wildman–Crippen MR) is 95.0 cm³/mol. The van der Waals surface area contributed by atoms with Crippen molar-refractivity contribution in [2.75, 3.05) is 6.54 Å². The molecule has 0 bridgehead atoms. The molecule has 1 aromatic carbocycles. The molecule has 1 aliphatic heterocycles. The van der Waals surface area contributed by atoms with Gasteiger partial charge in [0.1, 0.15) is 18.2 Å². The van der Waals surface area contributed by atoms with Crippen molar-refractivity contribution in [2.45, 2.75) is 58.4 Å². The highest BCUT2D eigenvalue weighted by Crippen LogP contribution is 2.23. The van der Waals surface area contributed by atoms with Gasteiger partial charge in [-0.15, -0.1) is 0 Å². The molecule has 2 N–H and O–H groups in total. The van der Waals surface area contributed by atoms with Gasteiger partial charge in [0.05, 0.1) is 0 Å². The summed E-state index contributed by atoms with van der Waals surface area (Å²) in [4.78, 5) is 24.3. The number of nitrogens with one attached hydrogen (secondary N) is 2. The maximum absolute atomic E-state index is 12.2. The maximum atomic E-state index is 12.2. The molecule has 1 saturated heterocycles. The van der Waals surface area contributed by atoms with E-state index in [1.807, 2.05) is 58.0 Å². The fourth-order valence-electron chi connectivity index (χ4n) is 2.80. The molecule has 2 unspecified atom stereocenters. The number of carbonyl (C=O) groups is 2. The zero-order chi connectivity index (χ0) is 18.4. The second kappa shape index (κ2) is 8.34. The maximum Gasteiger partial charge on any atom is 0.407 e. The van der Waals surface area contributed by atoms with Gasteiger partial charge < -0.3 is 20.1 Å². The van der Waals surface area contributed by atoms with E-state index in [4.69, 9.17) is 9.47 Å². The fourth-order valence-corrected chi connectivity index (χ4v) is 2.80. The molecule has 0 saturated carbocycles. The number of ether oxygens (including phenoxy) is 2. The summed E-state index contributed by atoms with van der Waals surface area (Å²) in [6.07, 6.45) is 0.247. The first-order valence-electron chi connectivity index (χ1n) is 8.73. The molecular weight excluding hydrogens is 320 g/mol. The number of hydrogen-bond donors (Lipinski definition) is 2. The van der Waals surface area contributed by atoms with Crippen molar-refractivity contribution >= 4 is 12.1 Å². The SMILES string of the molecule is CC[C@H](NC(=O)OCc1ccccc1)C1CNC1C(=O)OC(C)(C)C. The third kappa shape index (κ3) is 5.74. The van der Waals surface area contributed by atoms with Crippen LogP contribution in [0.4, 0.5) is 4.79 Å². The Balaban J connectivity index is 1.84. The third-order valence-corrected chi connectivity index (χ3v) is 4.13. The summed E-state index contributed by atoms with van der Waals surface area (Å²) in [5, 5.41) is 5.97. The number of esters is 1. The molecule has 0 aliphatic carbocycles. The van der Waals surface area contributed by atoms with Crippen molar-refractivity contribution in [1.82, 2.24) is 10.6 Å². The van der Waals surface area contributed by atoms with E-state index >= 15 is 0 Å². The monoisotopic (exact) mass is 348 g/mol. The molecule has 3 atom stereocenters. The molecule has 1 fully saturated rings. The molecule has 25 heavy (non-hydrogen) atoms. The van der Waals surface area contributed by atoms with Gasteiger partial charge in [-0.05, 0) is 32.8 Å².